The minimum atomic E-state index is 0.226. The first kappa shape index (κ1) is 35.0. The molecule has 288 valence electrons. The van der Waals surface area contributed by atoms with Gasteiger partial charge in [0.2, 0.25) is 0 Å². The molecule has 8 aromatic carbocycles. The van der Waals surface area contributed by atoms with Crippen molar-refractivity contribution in [2.24, 2.45) is 0 Å². The van der Waals surface area contributed by atoms with Gasteiger partial charge in [0.25, 0.3) is 0 Å². The van der Waals surface area contributed by atoms with Crippen LogP contribution in [0.15, 0.2) is 224 Å². The Morgan fingerprint density at radius 2 is 0.869 bits per heavy atom. The average Bonchev–Trinajstić information content (AvgIpc) is 4.03. The first-order valence-electron chi connectivity index (χ1n) is 20.9. The monoisotopic (exact) mass is 781 g/mol. The summed E-state index contributed by atoms with van der Waals surface area (Å²) in [7, 11) is 0. The van der Waals surface area contributed by atoms with E-state index in [1.54, 1.807) is 0 Å². The number of nitrogens with zero attached hydrogens (tertiary/aromatic N) is 5. The van der Waals surface area contributed by atoms with E-state index < -0.39 is 0 Å². The molecule has 0 saturated heterocycles. The molecule has 1 aliphatic carbocycles. The van der Waals surface area contributed by atoms with Crippen LogP contribution in [0.25, 0.3) is 78.5 Å². The van der Waals surface area contributed by atoms with Crippen LogP contribution in [-0.2, 0) is 0 Å². The van der Waals surface area contributed by atoms with Crippen molar-refractivity contribution in [2.45, 2.75) is 12.0 Å². The average molecular weight is 782 g/mol. The largest absolute Gasteiger partial charge is 0.333 e. The molecular formula is C56H39N5. The molecule has 0 fully saturated rings. The van der Waals surface area contributed by atoms with Crippen LogP contribution < -0.4 is 4.90 Å². The zero-order valence-electron chi connectivity index (χ0n) is 33.3. The van der Waals surface area contributed by atoms with Gasteiger partial charge in [-0.3, -0.25) is 9.13 Å². The van der Waals surface area contributed by atoms with Gasteiger partial charge >= 0.3 is 0 Å². The van der Waals surface area contributed by atoms with Crippen molar-refractivity contribution in [3.8, 4) is 56.4 Å². The van der Waals surface area contributed by atoms with Crippen LogP contribution in [0.5, 0.6) is 0 Å². The van der Waals surface area contributed by atoms with Crippen LogP contribution in [0.2, 0.25) is 0 Å². The Labute approximate surface area is 354 Å². The summed E-state index contributed by atoms with van der Waals surface area (Å²) in [6, 6.07) is 71.6. The van der Waals surface area contributed by atoms with Gasteiger partial charge < -0.3 is 4.90 Å². The Morgan fingerprint density at radius 3 is 1.46 bits per heavy atom. The molecule has 3 heterocycles. The minimum Gasteiger partial charge on any atom is -0.333 e. The van der Waals surface area contributed by atoms with E-state index in [1.165, 1.54) is 28.1 Å². The molecule has 0 radical (unpaired) electrons. The molecule has 0 amide bonds. The van der Waals surface area contributed by atoms with Crippen molar-refractivity contribution in [1.82, 2.24) is 19.1 Å². The lowest BCUT2D eigenvalue weighted by Crippen LogP contribution is -2.28. The highest BCUT2D eigenvalue weighted by Gasteiger charge is 2.39. The second-order valence-electron chi connectivity index (χ2n) is 15.8. The predicted molar refractivity (Wildman–Crippen MR) is 251 cm³/mol. The summed E-state index contributed by atoms with van der Waals surface area (Å²) in [6.45, 7) is 0. The van der Waals surface area contributed by atoms with Crippen molar-refractivity contribution >= 4 is 33.4 Å². The lowest BCUT2D eigenvalue weighted by molar-refractivity contribution is 0.745. The van der Waals surface area contributed by atoms with Crippen molar-refractivity contribution in [1.29, 1.82) is 0 Å². The van der Waals surface area contributed by atoms with Gasteiger partial charge in [0.15, 0.2) is 0 Å². The van der Waals surface area contributed by atoms with E-state index in [0.29, 0.717) is 0 Å². The molecule has 0 N–H and O–H groups in total. The molecule has 2 aliphatic rings. The molecule has 1 aliphatic heterocycles. The summed E-state index contributed by atoms with van der Waals surface area (Å²) >= 11 is 0. The third-order valence-electron chi connectivity index (χ3n) is 12.2. The minimum absolute atomic E-state index is 0.226. The fraction of sp³-hybridized carbons (Fsp3) is 0.0357. The Balaban J connectivity index is 1.04. The Hall–Kier alpha value is -8.02. The lowest BCUT2D eigenvalue weighted by atomic mass is 9.86. The number of hydrogen-bond acceptors (Lipinski definition) is 3. The number of hydrogen-bond donors (Lipinski definition) is 0. The summed E-state index contributed by atoms with van der Waals surface area (Å²) in [4.78, 5) is 13.1. The second-order valence-corrected chi connectivity index (χ2v) is 15.8. The quantitative estimate of drug-likeness (QED) is 0.162. The molecule has 10 aromatic rings. The maximum atomic E-state index is 5.32. The van der Waals surface area contributed by atoms with Gasteiger partial charge in [0, 0.05) is 39.8 Å². The van der Waals surface area contributed by atoms with Gasteiger partial charge in [-0.25, -0.2) is 9.97 Å². The molecule has 12 rings (SSSR count). The van der Waals surface area contributed by atoms with E-state index in [9.17, 15) is 0 Å². The fourth-order valence-corrected chi connectivity index (χ4v) is 9.55. The molecular weight excluding hydrogens is 743 g/mol. The highest BCUT2D eigenvalue weighted by atomic mass is 15.2. The number of benzene rings is 8. The molecule has 61 heavy (non-hydrogen) atoms. The van der Waals surface area contributed by atoms with Crippen LogP contribution >= 0.6 is 0 Å². The fourth-order valence-electron chi connectivity index (χ4n) is 9.55. The summed E-state index contributed by atoms with van der Waals surface area (Å²) in [5, 5.41) is 0. The van der Waals surface area contributed by atoms with Gasteiger partial charge in [-0.15, -0.1) is 0 Å². The highest BCUT2D eigenvalue weighted by molar-refractivity contribution is 5.90. The number of rotatable bonds is 7. The summed E-state index contributed by atoms with van der Waals surface area (Å²) in [5.41, 5.74) is 16.7. The predicted octanol–water partition coefficient (Wildman–Crippen LogP) is 13.8. The van der Waals surface area contributed by atoms with Gasteiger partial charge in [-0.05, 0) is 113 Å². The molecule has 5 nitrogen and oxygen atoms in total. The molecule has 5 heteroatoms. The molecule has 0 bridgehead atoms. The van der Waals surface area contributed by atoms with Crippen molar-refractivity contribution in [3.05, 3.63) is 230 Å². The molecule has 0 spiro atoms. The van der Waals surface area contributed by atoms with E-state index in [0.717, 1.165) is 67.3 Å². The van der Waals surface area contributed by atoms with Crippen LogP contribution in [0.1, 0.15) is 11.5 Å². The van der Waals surface area contributed by atoms with Crippen molar-refractivity contribution < 1.29 is 0 Å². The maximum absolute atomic E-state index is 5.32. The topological polar surface area (TPSA) is 38.9 Å². The summed E-state index contributed by atoms with van der Waals surface area (Å²) in [5.74, 6) is 2.01. The third-order valence-corrected chi connectivity index (χ3v) is 12.2. The summed E-state index contributed by atoms with van der Waals surface area (Å²) in [6.07, 6.45) is 9.09. The van der Waals surface area contributed by atoms with E-state index in [2.05, 4.69) is 239 Å². The number of para-hydroxylation sites is 7. The first-order chi connectivity index (χ1) is 30.3. The SMILES string of the molecule is C1=CC2c3c(-c4ccc(-c5cc(-c6nc7ccccc7n6-c6ccccc6)cc(-c6nc7ccccc7n6-c6ccccc6)c5)cc4)cccc3N(c3ccccc3)C2C=C1. The molecule has 0 saturated carbocycles. The standard InChI is InChI=1S/C56H39N5/c1-4-17-43(18-5-1)59-50-27-13-10-23-47(50)54-46(24-16-30-53(54)59)39-33-31-38(32-34-39)40-35-41(55-57-48-25-11-14-28-51(48)60(55)44-19-6-2-7-20-44)37-42(36-40)56-58-49-26-12-15-29-52(49)61(56)45-21-8-3-9-22-45/h1-37,47,50H. The van der Waals surface area contributed by atoms with Crippen molar-refractivity contribution in [2.75, 3.05) is 4.90 Å². The van der Waals surface area contributed by atoms with E-state index in [4.69, 9.17) is 9.97 Å². The van der Waals surface area contributed by atoms with Gasteiger partial charge in [-0.1, -0.05) is 140 Å². The smallest absolute Gasteiger partial charge is 0.145 e. The number of imidazole rings is 2. The van der Waals surface area contributed by atoms with E-state index in [1.807, 2.05) is 0 Å². The van der Waals surface area contributed by atoms with E-state index >= 15 is 0 Å². The number of anilines is 2. The van der Waals surface area contributed by atoms with Crippen molar-refractivity contribution in [3.63, 3.8) is 0 Å². The Bertz CT molecular complexity index is 3170. The number of aromatic nitrogens is 4. The van der Waals surface area contributed by atoms with Crippen LogP contribution in [0.3, 0.4) is 0 Å². The Kier molecular flexibility index (Phi) is 8.23. The first-order valence-corrected chi connectivity index (χ1v) is 20.9. The molecule has 2 unspecified atom stereocenters. The maximum Gasteiger partial charge on any atom is 0.145 e. The second kappa shape index (κ2) is 14.4. The number of fused-ring (bicyclic) bond motifs is 5. The number of allylic oxidation sites excluding steroid dienone is 2. The normalized spacial score (nSPS) is 15.4. The Morgan fingerprint density at radius 1 is 0.377 bits per heavy atom. The zero-order chi connectivity index (χ0) is 40.3. The molecule has 2 atom stereocenters. The van der Waals surface area contributed by atoms with Gasteiger partial charge in [0.1, 0.15) is 11.6 Å². The van der Waals surface area contributed by atoms with Crippen LogP contribution in [0, 0.1) is 0 Å². The molecule has 2 aromatic heterocycles. The van der Waals surface area contributed by atoms with E-state index in [-0.39, 0.29) is 12.0 Å². The zero-order valence-corrected chi connectivity index (χ0v) is 33.3. The lowest BCUT2D eigenvalue weighted by Gasteiger charge is -2.28. The van der Waals surface area contributed by atoms with Gasteiger partial charge in [-0.2, -0.15) is 0 Å². The van der Waals surface area contributed by atoms with Crippen LogP contribution in [-0.4, -0.2) is 25.1 Å². The summed E-state index contributed by atoms with van der Waals surface area (Å²) < 4.78 is 4.55. The highest BCUT2D eigenvalue weighted by Crippen LogP contribution is 2.51. The third kappa shape index (κ3) is 5.85. The van der Waals surface area contributed by atoms with Crippen LogP contribution in [0.4, 0.5) is 11.4 Å². The van der Waals surface area contributed by atoms with Gasteiger partial charge in [0.05, 0.1) is 28.1 Å².